The topological polar surface area (TPSA) is 64.3 Å². The molecule has 1 saturated heterocycles. The molecule has 1 aromatic heterocycles. The van der Waals surface area contributed by atoms with Crippen molar-refractivity contribution in [2.24, 2.45) is 0 Å². The fourth-order valence-corrected chi connectivity index (χ4v) is 2.86. The molecule has 1 aromatic carbocycles. The molecule has 0 bridgehead atoms. The standard InChI is InChI=1S/C17H18FN3O3/c18-14-5-3-4-13(10-14)11-20-9-6-15(22)21(17(20)24)12-16(23)19-7-1-2-8-19/h3-6,9-10H,1-2,7-8,11-12H2. The Labute approximate surface area is 137 Å². The lowest BCUT2D eigenvalue weighted by atomic mass is 10.2. The first-order chi connectivity index (χ1) is 11.5. The number of carbonyl (C=O) groups excluding carboxylic acids is 1. The fraction of sp³-hybridized carbons (Fsp3) is 0.353. The van der Waals surface area contributed by atoms with E-state index in [2.05, 4.69) is 0 Å². The van der Waals surface area contributed by atoms with E-state index in [-0.39, 0.29) is 19.0 Å². The van der Waals surface area contributed by atoms with E-state index in [1.54, 1.807) is 17.0 Å². The number of amides is 1. The predicted octanol–water partition coefficient (Wildman–Crippen LogP) is 0.820. The molecule has 1 amide bonds. The van der Waals surface area contributed by atoms with E-state index in [1.165, 1.54) is 29.0 Å². The van der Waals surface area contributed by atoms with Gasteiger partial charge in [-0.3, -0.25) is 18.7 Å². The van der Waals surface area contributed by atoms with Crippen LogP contribution in [0, 0.1) is 5.82 Å². The van der Waals surface area contributed by atoms with Gasteiger partial charge >= 0.3 is 5.69 Å². The van der Waals surface area contributed by atoms with Crippen LogP contribution in [-0.4, -0.2) is 33.0 Å². The second kappa shape index (κ2) is 6.82. The van der Waals surface area contributed by atoms with Gasteiger partial charge in [0.25, 0.3) is 5.56 Å². The Morgan fingerprint density at radius 3 is 2.58 bits per heavy atom. The van der Waals surface area contributed by atoms with Crippen molar-refractivity contribution < 1.29 is 9.18 Å². The number of hydrogen-bond donors (Lipinski definition) is 0. The molecule has 0 aliphatic carbocycles. The number of aromatic nitrogens is 2. The van der Waals surface area contributed by atoms with E-state index in [0.29, 0.717) is 18.7 Å². The van der Waals surface area contributed by atoms with Crippen LogP contribution in [0.4, 0.5) is 4.39 Å². The van der Waals surface area contributed by atoms with Crippen molar-refractivity contribution in [1.82, 2.24) is 14.0 Å². The van der Waals surface area contributed by atoms with Gasteiger partial charge in [-0.25, -0.2) is 9.18 Å². The zero-order valence-electron chi connectivity index (χ0n) is 13.2. The van der Waals surface area contributed by atoms with Crippen molar-refractivity contribution in [2.75, 3.05) is 13.1 Å². The van der Waals surface area contributed by atoms with Gasteiger partial charge in [-0.15, -0.1) is 0 Å². The summed E-state index contributed by atoms with van der Waals surface area (Å²) < 4.78 is 15.5. The van der Waals surface area contributed by atoms with Crippen molar-refractivity contribution in [1.29, 1.82) is 0 Å². The van der Waals surface area contributed by atoms with Gasteiger partial charge in [-0.05, 0) is 30.5 Å². The molecular formula is C17H18FN3O3. The molecule has 0 spiro atoms. The van der Waals surface area contributed by atoms with Crippen LogP contribution in [0.15, 0.2) is 46.1 Å². The summed E-state index contributed by atoms with van der Waals surface area (Å²) in [5, 5.41) is 0. The van der Waals surface area contributed by atoms with Crippen LogP contribution in [0.1, 0.15) is 18.4 Å². The van der Waals surface area contributed by atoms with E-state index < -0.39 is 17.1 Å². The van der Waals surface area contributed by atoms with E-state index >= 15 is 0 Å². The number of hydrogen-bond acceptors (Lipinski definition) is 3. The monoisotopic (exact) mass is 331 g/mol. The van der Waals surface area contributed by atoms with Crippen LogP contribution in [-0.2, 0) is 17.9 Å². The molecule has 1 aliphatic heterocycles. The number of halogens is 1. The third kappa shape index (κ3) is 3.45. The van der Waals surface area contributed by atoms with Crippen molar-refractivity contribution in [3.05, 3.63) is 68.7 Å². The Bertz CT molecular complexity index is 866. The minimum Gasteiger partial charge on any atom is -0.341 e. The highest BCUT2D eigenvalue weighted by Crippen LogP contribution is 2.08. The Hall–Kier alpha value is -2.70. The van der Waals surface area contributed by atoms with Crippen LogP contribution in [0.5, 0.6) is 0 Å². The third-order valence-corrected chi connectivity index (χ3v) is 4.13. The third-order valence-electron chi connectivity index (χ3n) is 4.13. The summed E-state index contributed by atoms with van der Waals surface area (Å²) in [6.45, 7) is 1.20. The van der Waals surface area contributed by atoms with Crippen molar-refractivity contribution in [3.63, 3.8) is 0 Å². The maximum Gasteiger partial charge on any atom is 0.331 e. The highest BCUT2D eigenvalue weighted by Gasteiger charge is 2.19. The smallest absolute Gasteiger partial charge is 0.331 e. The van der Waals surface area contributed by atoms with Gasteiger partial charge in [0.2, 0.25) is 5.91 Å². The van der Waals surface area contributed by atoms with E-state index in [0.717, 1.165) is 17.4 Å². The molecule has 1 fully saturated rings. The molecule has 0 saturated carbocycles. The summed E-state index contributed by atoms with van der Waals surface area (Å²) in [5.74, 6) is -0.617. The largest absolute Gasteiger partial charge is 0.341 e. The summed E-state index contributed by atoms with van der Waals surface area (Å²) in [7, 11) is 0. The Balaban J connectivity index is 1.86. The molecule has 0 atom stereocenters. The van der Waals surface area contributed by atoms with Gasteiger partial charge in [0.05, 0.1) is 6.54 Å². The molecule has 2 aromatic rings. The molecule has 2 heterocycles. The lowest BCUT2D eigenvalue weighted by Crippen LogP contribution is -2.43. The van der Waals surface area contributed by atoms with Gasteiger partial charge in [0.1, 0.15) is 12.4 Å². The Morgan fingerprint density at radius 1 is 1.12 bits per heavy atom. The van der Waals surface area contributed by atoms with Crippen LogP contribution in [0.25, 0.3) is 0 Å². The maximum absolute atomic E-state index is 13.3. The van der Waals surface area contributed by atoms with Gasteiger partial charge in [0.15, 0.2) is 0 Å². The first-order valence-electron chi connectivity index (χ1n) is 7.87. The average Bonchev–Trinajstić information content (AvgIpc) is 3.09. The average molecular weight is 331 g/mol. The molecule has 0 unspecified atom stereocenters. The summed E-state index contributed by atoms with van der Waals surface area (Å²) in [4.78, 5) is 38.3. The summed E-state index contributed by atoms with van der Waals surface area (Å²) in [5.41, 5.74) is -0.476. The highest BCUT2D eigenvalue weighted by molar-refractivity contribution is 5.76. The molecule has 1 aliphatic rings. The SMILES string of the molecule is O=C(Cn1c(=O)ccn(Cc2cccc(F)c2)c1=O)N1CCCC1. The van der Waals surface area contributed by atoms with Crippen molar-refractivity contribution >= 4 is 5.91 Å². The fourth-order valence-electron chi connectivity index (χ4n) is 2.86. The van der Waals surface area contributed by atoms with Crippen molar-refractivity contribution in [3.8, 4) is 0 Å². The minimum absolute atomic E-state index is 0.134. The highest BCUT2D eigenvalue weighted by atomic mass is 19.1. The van der Waals surface area contributed by atoms with E-state index in [4.69, 9.17) is 0 Å². The number of carbonyl (C=O) groups is 1. The maximum atomic E-state index is 13.3. The second-order valence-electron chi connectivity index (χ2n) is 5.87. The first kappa shape index (κ1) is 16.2. The molecule has 0 N–H and O–H groups in total. The zero-order chi connectivity index (χ0) is 17.1. The molecule has 126 valence electrons. The van der Waals surface area contributed by atoms with Crippen LogP contribution >= 0.6 is 0 Å². The van der Waals surface area contributed by atoms with Crippen LogP contribution in [0.2, 0.25) is 0 Å². The Morgan fingerprint density at radius 2 is 1.88 bits per heavy atom. The molecule has 6 nitrogen and oxygen atoms in total. The van der Waals surface area contributed by atoms with Gasteiger partial charge < -0.3 is 4.90 Å². The first-order valence-corrected chi connectivity index (χ1v) is 7.87. The molecule has 24 heavy (non-hydrogen) atoms. The Kier molecular flexibility index (Phi) is 4.59. The zero-order valence-corrected chi connectivity index (χ0v) is 13.2. The minimum atomic E-state index is -0.570. The lowest BCUT2D eigenvalue weighted by molar-refractivity contribution is -0.130. The number of benzene rings is 1. The van der Waals surface area contributed by atoms with Crippen LogP contribution < -0.4 is 11.2 Å². The van der Waals surface area contributed by atoms with E-state index in [1.807, 2.05) is 0 Å². The van der Waals surface area contributed by atoms with Crippen LogP contribution in [0.3, 0.4) is 0 Å². The summed E-state index contributed by atoms with van der Waals surface area (Å²) >= 11 is 0. The lowest BCUT2D eigenvalue weighted by Gasteiger charge is -2.16. The summed E-state index contributed by atoms with van der Waals surface area (Å²) in [6.07, 6.45) is 3.25. The quantitative estimate of drug-likeness (QED) is 0.833. The molecule has 7 heteroatoms. The normalized spacial score (nSPS) is 14.1. The summed E-state index contributed by atoms with van der Waals surface area (Å²) in [6, 6.07) is 7.15. The molecule has 3 rings (SSSR count). The second-order valence-corrected chi connectivity index (χ2v) is 5.87. The van der Waals surface area contributed by atoms with E-state index in [9.17, 15) is 18.8 Å². The number of nitrogens with zero attached hydrogens (tertiary/aromatic N) is 3. The number of likely N-dealkylation sites (tertiary alicyclic amines) is 1. The van der Waals surface area contributed by atoms with Crippen molar-refractivity contribution in [2.45, 2.75) is 25.9 Å². The predicted molar refractivity (Wildman–Crippen MR) is 86.3 cm³/mol. The van der Waals surface area contributed by atoms with Gasteiger partial charge in [-0.1, -0.05) is 12.1 Å². The molecular weight excluding hydrogens is 313 g/mol. The van der Waals surface area contributed by atoms with Gasteiger partial charge in [-0.2, -0.15) is 0 Å². The number of rotatable bonds is 4. The molecule has 0 radical (unpaired) electrons. The van der Waals surface area contributed by atoms with Gasteiger partial charge in [0, 0.05) is 25.4 Å².